The van der Waals surface area contributed by atoms with Gasteiger partial charge in [0.05, 0.1) is 19.8 Å². The summed E-state index contributed by atoms with van der Waals surface area (Å²) in [5.74, 6) is 0.899. The molecule has 0 radical (unpaired) electrons. The maximum absolute atomic E-state index is 5.64. The first-order valence-corrected chi connectivity index (χ1v) is 6.64. The van der Waals surface area contributed by atoms with Crippen molar-refractivity contribution in [3.63, 3.8) is 0 Å². The fourth-order valence-corrected chi connectivity index (χ4v) is 1.91. The van der Waals surface area contributed by atoms with Crippen LogP contribution in [0.15, 0.2) is 0 Å². The molecule has 2 nitrogen and oxygen atoms in total. The molecule has 0 unspecified atom stereocenters. The molecule has 0 spiro atoms. The minimum absolute atomic E-state index is 0.258. The van der Waals surface area contributed by atoms with E-state index in [0.717, 1.165) is 38.2 Å². The van der Waals surface area contributed by atoms with Crippen molar-refractivity contribution in [3.8, 4) is 0 Å². The normalized spacial score (nSPS) is 12.0. The zero-order chi connectivity index (χ0) is 11.6. The summed E-state index contributed by atoms with van der Waals surface area (Å²) in [6.45, 7) is 9.58. The third-order valence-corrected chi connectivity index (χ3v) is 3.63. The topological polar surface area (TPSA) is 18.5 Å². The minimum atomic E-state index is 0.258. The monoisotopic (exact) mass is 234 g/mol. The van der Waals surface area contributed by atoms with Crippen LogP contribution in [-0.2, 0) is 9.47 Å². The lowest BCUT2D eigenvalue weighted by Crippen LogP contribution is -2.28. The van der Waals surface area contributed by atoms with Gasteiger partial charge < -0.3 is 9.47 Å². The lowest BCUT2D eigenvalue weighted by molar-refractivity contribution is 0.00905. The van der Waals surface area contributed by atoms with E-state index in [1.54, 1.807) is 0 Å². The van der Waals surface area contributed by atoms with Gasteiger partial charge in [-0.25, -0.2) is 0 Å². The number of ether oxygens (including phenoxy) is 2. The standard InChI is InChI=1S/C12H26O2S/c1-4-7-13-8-9-14-10-12(5-2,6-3)11-15/h15H,4-11H2,1-3H3. The van der Waals surface area contributed by atoms with Gasteiger partial charge in [-0.15, -0.1) is 0 Å². The van der Waals surface area contributed by atoms with Crippen LogP contribution in [0.25, 0.3) is 0 Å². The van der Waals surface area contributed by atoms with Crippen LogP contribution < -0.4 is 0 Å². The van der Waals surface area contributed by atoms with Gasteiger partial charge >= 0.3 is 0 Å². The lowest BCUT2D eigenvalue weighted by atomic mass is 9.85. The molecule has 0 saturated carbocycles. The summed E-state index contributed by atoms with van der Waals surface area (Å²) in [7, 11) is 0. The number of hydrogen-bond donors (Lipinski definition) is 1. The molecule has 0 aliphatic carbocycles. The summed E-state index contributed by atoms with van der Waals surface area (Å²) >= 11 is 4.41. The minimum Gasteiger partial charge on any atom is -0.379 e. The molecule has 0 amide bonds. The Hall–Kier alpha value is 0.270. The Morgan fingerprint density at radius 3 is 2.00 bits per heavy atom. The highest BCUT2D eigenvalue weighted by Crippen LogP contribution is 2.27. The highest BCUT2D eigenvalue weighted by Gasteiger charge is 2.24. The molecule has 0 aromatic heterocycles. The zero-order valence-electron chi connectivity index (χ0n) is 10.4. The molecule has 92 valence electrons. The second-order valence-electron chi connectivity index (χ2n) is 4.03. The summed E-state index contributed by atoms with van der Waals surface area (Å²) in [5, 5.41) is 0. The Kier molecular flexibility index (Phi) is 9.66. The number of rotatable bonds is 10. The van der Waals surface area contributed by atoms with Crippen LogP contribution >= 0.6 is 12.6 Å². The van der Waals surface area contributed by atoms with Crippen molar-refractivity contribution in [3.05, 3.63) is 0 Å². The van der Waals surface area contributed by atoms with Crippen molar-refractivity contribution >= 4 is 12.6 Å². The van der Waals surface area contributed by atoms with Crippen molar-refractivity contribution in [2.75, 3.05) is 32.2 Å². The van der Waals surface area contributed by atoms with Crippen molar-refractivity contribution in [2.45, 2.75) is 40.0 Å². The molecular formula is C12H26O2S. The maximum atomic E-state index is 5.64. The van der Waals surface area contributed by atoms with Gasteiger partial charge in [0.15, 0.2) is 0 Å². The van der Waals surface area contributed by atoms with Gasteiger partial charge in [-0.2, -0.15) is 12.6 Å². The summed E-state index contributed by atoms with van der Waals surface area (Å²) in [4.78, 5) is 0. The van der Waals surface area contributed by atoms with E-state index in [9.17, 15) is 0 Å². The average molecular weight is 234 g/mol. The molecule has 0 aromatic rings. The highest BCUT2D eigenvalue weighted by molar-refractivity contribution is 7.80. The van der Waals surface area contributed by atoms with Gasteiger partial charge in [0.2, 0.25) is 0 Å². The molecule has 0 atom stereocenters. The van der Waals surface area contributed by atoms with Gasteiger partial charge in [0, 0.05) is 12.0 Å². The van der Waals surface area contributed by atoms with E-state index < -0.39 is 0 Å². The van der Waals surface area contributed by atoms with E-state index >= 15 is 0 Å². The summed E-state index contributed by atoms with van der Waals surface area (Å²) in [5.41, 5.74) is 0.258. The molecule has 0 aromatic carbocycles. The Morgan fingerprint density at radius 2 is 1.53 bits per heavy atom. The molecule has 0 bridgehead atoms. The molecule has 0 N–H and O–H groups in total. The van der Waals surface area contributed by atoms with Crippen LogP contribution in [0.2, 0.25) is 0 Å². The van der Waals surface area contributed by atoms with Crippen molar-refractivity contribution < 1.29 is 9.47 Å². The molecule has 0 aliphatic rings. The third kappa shape index (κ3) is 6.44. The third-order valence-electron chi connectivity index (χ3n) is 2.96. The Bertz CT molecular complexity index is 127. The van der Waals surface area contributed by atoms with Gasteiger partial charge in [-0.05, 0) is 25.0 Å². The van der Waals surface area contributed by atoms with E-state index in [1.165, 1.54) is 0 Å². The van der Waals surface area contributed by atoms with E-state index in [1.807, 2.05) is 0 Å². The van der Waals surface area contributed by atoms with Crippen molar-refractivity contribution in [2.24, 2.45) is 5.41 Å². The SMILES string of the molecule is CCCOCCOCC(CC)(CC)CS. The van der Waals surface area contributed by atoms with E-state index in [0.29, 0.717) is 13.2 Å². The van der Waals surface area contributed by atoms with Crippen molar-refractivity contribution in [1.82, 2.24) is 0 Å². The molecule has 3 heteroatoms. The van der Waals surface area contributed by atoms with E-state index in [-0.39, 0.29) is 5.41 Å². The Balaban J connectivity index is 3.54. The lowest BCUT2D eigenvalue weighted by Gasteiger charge is -2.29. The van der Waals surface area contributed by atoms with Crippen LogP contribution in [0.3, 0.4) is 0 Å². The predicted octanol–water partition coefficient (Wildman–Crippen LogP) is 3.17. The molecule has 0 rings (SSSR count). The van der Waals surface area contributed by atoms with Crippen LogP contribution in [0.1, 0.15) is 40.0 Å². The second-order valence-corrected chi connectivity index (χ2v) is 4.35. The Morgan fingerprint density at radius 1 is 0.933 bits per heavy atom. The fraction of sp³-hybridized carbons (Fsp3) is 1.00. The first kappa shape index (κ1) is 15.3. The summed E-state index contributed by atoms with van der Waals surface area (Å²) in [6, 6.07) is 0. The first-order valence-electron chi connectivity index (χ1n) is 6.01. The van der Waals surface area contributed by atoms with Crippen LogP contribution in [0.4, 0.5) is 0 Å². The second kappa shape index (κ2) is 9.49. The quantitative estimate of drug-likeness (QED) is 0.462. The number of hydrogen-bond acceptors (Lipinski definition) is 3. The molecule has 0 heterocycles. The Labute approximate surface area is 100 Å². The van der Waals surface area contributed by atoms with Crippen LogP contribution in [-0.4, -0.2) is 32.2 Å². The summed E-state index contributed by atoms with van der Waals surface area (Å²) in [6.07, 6.45) is 3.33. The zero-order valence-corrected chi connectivity index (χ0v) is 11.3. The predicted molar refractivity (Wildman–Crippen MR) is 68.8 cm³/mol. The van der Waals surface area contributed by atoms with Crippen molar-refractivity contribution in [1.29, 1.82) is 0 Å². The van der Waals surface area contributed by atoms with Gasteiger partial charge in [0.1, 0.15) is 0 Å². The van der Waals surface area contributed by atoms with Gasteiger partial charge in [-0.3, -0.25) is 0 Å². The van der Waals surface area contributed by atoms with Gasteiger partial charge in [-0.1, -0.05) is 20.8 Å². The van der Waals surface area contributed by atoms with Crippen LogP contribution in [0.5, 0.6) is 0 Å². The summed E-state index contributed by atoms with van der Waals surface area (Å²) < 4.78 is 11.0. The van der Waals surface area contributed by atoms with E-state index in [2.05, 4.69) is 33.4 Å². The molecular weight excluding hydrogens is 208 g/mol. The molecule has 0 fully saturated rings. The van der Waals surface area contributed by atoms with Crippen LogP contribution in [0, 0.1) is 5.41 Å². The largest absolute Gasteiger partial charge is 0.379 e. The first-order chi connectivity index (χ1) is 7.24. The van der Waals surface area contributed by atoms with Gasteiger partial charge in [0.25, 0.3) is 0 Å². The maximum Gasteiger partial charge on any atom is 0.0700 e. The molecule has 15 heavy (non-hydrogen) atoms. The molecule has 0 aliphatic heterocycles. The average Bonchev–Trinajstić information content (AvgIpc) is 2.29. The molecule has 0 saturated heterocycles. The smallest absolute Gasteiger partial charge is 0.0700 e. The number of thiol groups is 1. The van der Waals surface area contributed by atoms with E-state index in [4.69, 9.17) is 9.47 Å². The fourth-order valence-electron chi connectivity index (χ4n) is 1.38. The highest BCUT2D eigenvalue weighted by atomic mass is 32.1.